The highest BCUT2D eigenvalue weighted by Gasteiger charge is 2.21. The van der Waals surface area contributed by atoms with E-state index in [1.807, 2.05) is 0 Å². The number of carbonyl (C=O) groups is 1. The van der Waals surface area contributed by atoms with Gasteiger partial charge < -0.3 is 5.73 Å². The van der Waals surface area contributed by atoms with Crippen molar-refractivity contribution in [2.45, 2.75) is 51.0 Å². The Kier molecular flexibility index (Phi) is 5.59. The van der Waals surface area contributed by atoms with E-state index in [1.165, 1.54) is 25.5 Å². The molecule has 1 aliphatic carbocycles. The summed E-state index contributed by atoms with van der Waals surface area (Å²) in [6, 6.07) is -0.605. The predicted octanol–water partition coefficient (Wildman–Crippen LogP) is 1.29. The Labute approximate surface area is 104 Å². The third-order valence-electron chi connectivity index (χ3n) is 3.43. The molecule has 0 bridgehead atoms. The number of hydrogen-bond donors (Lipinski definition) is 1. The smallest absolute Gasteiger partial charge is 0.149 e. The van der Waals surface area contributed by atoms with Crippen molar-refractivity contribution in [3.63, 3.8) is 0 Å². The minimum Gasteiger partial charge on any atom is -0.321 e. The molecule has 1 aliphatic rings. The molecule has 5 heteroatoms. The van der Waals surface area contributed by atoms with Crippen molar-refractivity contribution in [3.05, 3.63) is 0 Å². The normalized spacial score (nSPS) is 20.1. The molecule has 100 valence electrons. The van der Waals surface area contributed by atoms with Crippen LogP contribution in [0.1, 0.15) is 44.9 Å². The molecule has 1 rings (SSSR count). The highest BCUT2D eigenvalue weighted by Crippen LogP contribution is 2.26. The molecule has 0 heterocycles. The first-order valence-corrected chi connectivity index (χ1v) is 8.40. The topological polar surface area (TPSA) is 77.2 Å². The predicted molar refractivity (Wildman–Crippen MR) is 68.5 cm³/mol. The maximum atomic E-state index is 11.8. The molecule has 0 aromatic rings. The SMILES string of the molecule is CS(=O)(=O)CCC(N)C(=O)CC1CCCCC1. The fraction of sp³-hybridized carbons (Fsp3) is 0.917. The van der Waals surface area contributed by atoms with Crippen LogP contribution in [-0.4, -0.2) is 32.3 Å². The van der Waals surface area contributed by atoms with Gasteiger partial charge in [-0.15, -0.1) is 0 Å². The largest absolute Gasteiger partial charge is 0.321 e. The molecule has 0 saturated heterocycles. The van der Waals surface area contributed by atoms with Gasteiger partial charge in [0.05, 0.1) is 11.8 Å². The van der Waals surface area contributed by atoms with Crippen LogP contribution < -0.4 is 5.73 Å². The number of sulfone groups is 1. The first-order chi connectivity index (χ1) is 7.88. The lowest BCUT2D eigenvalue weighted by atomic mass is 9.84. The zero-order chi connectivity index (χ0) is 12.9. The molecular weight excluding hydrogens is 238 g/mol. The van der Waals surface area contributed by atoms with Crippen LogP contribution in [0.3, 0.4) is 0 Å². The number of hydrogen-bond acceptors (Lipinski definition) is 4. The summed E-state index contributed by atoms with van der Waals surface area (Å²) in [5, 5.41) is 0. The number of carbonyl (C=O) groups excluding carboxylic acids is 1. The molecule has 0 aromatic heterocycles. The summed E-state index contributed by atoms with van der Waals surface area (Å²) in [7, 11) is -3.02. The molecule has 0 aliphatic heterocycles. The maximum Gasteiger partial charge on any atom is 0.149 e. The van der Waals surface area contributed by atoms with Gasteiger partial charge in [-0.05, 0) is 12.3 Å². The van der Waals surface area contributed by atoms with Gasteiger partial charge in [-0.1, -0.05) is 32.1 Å². The van der Waals surface area contributed by atoms with Crippen molar-refractivity contribution in [1.82, 2.24) is 0 Å². The van der Waals surface area contributed by atoms with Crippen molar-refractivity contribution in [1.29, 1.82) is 0 Å². The van der Waals surface area contributed by atoms with Crippen molar-refractivity contribution in [2.24, 2.45) is 11.7 Å². The van der Waals surface area contributed by atoms with E-state index in [4.69, 9.17) is 5.73 Å². The summed E-state index contributed by atoms with van der Waals surface area (Å²) in [4.78, 5) is 11.8. The van der Waals surface area contributed by atoms with Gasteiger partial charge in [0.1, 0.15) is 15.6 Å². The summed E-state index contributed by atoms with van der Waals surface area (Å²) in [5.41, 5.74) is 5.73. The zero-order valence-electron chi connectivity index (χ0n) is 10.5. The summed E-state index contributed by atoms with van der Waals surface area (Å²) in [6.07, 6.45) is 7.87. The van der Waals surface area contributed by atoms with Crippen LogP contribution in [-0.2, 0) is 14.6 Å². The molecule has 4 nitrogen and oxygen atoms in total. The number of ketones is 1. The Morgan fingerprint density at radius 3 is 2.41 bits per heavy atom. The van der Waals surface area contributed by atoms with E-state index in [1.54, 1.807) is 0 Å². The van der Waals surface area contributed by atoms with Crippen molar-refractivity contribution in [3.8, 4) is 0 Å². The van der Waals surface area contributed by atoms with Crippen LogP contribution in [0.2, 0.25) is 0 Å². The highest BCUT2D eigenvalue weighted by molar-refractivity contribution is 7.90. The van der Waals surface area contributed by atoms with Crippen molar-refractivity contribution in [2.75, 3.05) is 12.0 Å². The van der Waals surface area contributed by atoms with E-state index in [-0.39, 0.29) is 18.0 Å². The number of nitrogens with two attached hydrogens (primary N) is 1. The van der Waals surface area contributed by atoms with Crippen LogP contribution in [0, 0.1) is 5.92 Å². The van der Waals surface area contributed by atoms with E-state index in [9.17, 15) is 13.2 Å². The van der Waals surface area contributed by atoms with E-state index < -0.39 is 15.9 Å². The van der Waals surface area contributed by atoms with Gasteiger partial charge in [-0.3, -0.25) is 4.79 Å². The Morgan fingerprint density at radius 2 is 1.88 bits per heavy atom. The average Bonchev–Trinajstić information content (AvgIpc) is 2.26. The first-order valence-electron chi connectivity index (χ1n) is 6.34. The Bertz CT molecular complexity index is 345. The minimum absolute atomic E-state index is 0.00454. The van der Waals surface area contributed by atoms with Crippen LogP contribution in [0.15, 0.2) is 0 Å². The Balaban J connectivity index is 2.30. The fourth-order valence-electron chi connectivity index (χ4n) is 2.33. The lowest BCUT2D eigenvalue weighted by molar-refractivity contribution is -0.121. The van der Waals surface area contributed by atoms with E-state index in [2.05, 4.69) is 0 Å². The molecular formula is C12H23NO3S. The standard InChI is InChI=1S/C12H23NO3S/c1-17(15,16)8-7-11(13)12(14)9-10-5-3-2-4-6-10/h10-11H,2-9,13H2,1H3. The second kappa shape index (κ2) is 6.50. The molecule has 1 unspecified atom stereocenters. The summed E-state index contributed by atoms with van der Waals surface area (Å²) in [6.45, 7) is 0. The number of Topliss-reactive ketones (excluding diaryl/α,β-unsaturated/α-hetero) is 1. The zero-order valence-corrected chi connectivity index (χ0v) is 11.3. The fourth-order valence-corrected chi connectivity index (χ4v) is 3.01. The minimum atomic E-state index is -3.02. The van der Waals surface area contributed by atoms with Crippen LogP contribution in [0.25, 0.3) is 0 Å². The molecule has 0 radical (unpaired) electrons. The third kappa shape index (κ3) is 6.17. The lowest BCUT2D eigenvalue weighted by Gasteiger charge is -2.22. The van der Waals surface area contributed by atoms with E-state index in [0.717, 1.165) is 12.8 Å². The second-order valence-electron chi connectivity index (χ2n) is 5.20. The first kappa shape index (κ1) is 14.6. The Morgan fingerprint density at radius 1 is 1.29 bits per heavy atom. The van der Waals surface area contributed by atoms with E-state index >= 15 is 0 Å². The van der Waals surface area contributed by atoms with Crippen LogP contribution in [0.5, 0.6) is 0 Å². The van der Waals surface area contributed by atoms with Gasteiger partial charge in [-0.2, -0.15) is 0 Å². The van der Waals surface area contributed by atoms with Gasteiger partial charge in [0, 0.05) is 12.7 Å². The molecule has 1 saturated carbocycles. The van der Waals surface area contributed by atoms with Crippen molar-refractivity contribution < 1.29 is 13.2 Å². The van der Waals surface area contributed by atoms with Gasteiger partial charge in [-0.25, -0.2) is 8.42 Å². The molecule has 1 atom stereocenters. The van der Waals surface area contributed by atoms with Gasteiger partial charge in [0.2, 0.25) is 0 Å². The molecule has 2 N–H and O–H groups in total. The molecule has 17 heavy (non-hydrogen) atoms. The maximum absolute atomic E-state index is 11.8. The van der Waals surface area contributed by atoms with E-state index in [0.29, 0.717) is 12.3 Å². The molecule has 0 aromatic carbocycles. The third-order valence-corrected chi connectivity index (χ3v) is 4.41. The average molecular weight is 261 g/mol. The Hall–Kier alpha value is -0.420. The molecule has 0 spiro atoms. The monoisotopic (exact) mass is 261 g/mol. The van der Waals surface area contributed by atoms with Crippen LogP contribution in [0.4, 0.5) is 0 Å². The lowest BCUT2D eigenvalue weighted by Crippen LogP contribution is -2.34. The summed E-state index contributed by atoms with van der Waals surface area (Å²) < 4.78 is 22.0. The molecule has 1 fully saturated rings. The second-order valence-corrected chi connectivity index (χ2v) is 7.46. The van der Waals surface area contributed by atoms with Gasteiger partial charge >= 0.3 is 0 Å². The molecule has 0 amide bonds. The van der Waals surface area contributed by atoms with Gasteiger partial charge in [0.25, 0.3) is 0 Å². The summed E-state index contributed by atoms with van der Waals surface area (Å²) >= 11 is 0. The van der Waals surface area contributed by atoms with Gasteiger partial charge in [0.15, 0.2) is 0 Å². The number of rotatable bonds is 6. The van der Waals surface area contributed by atoms with Crippen molar-refractivity contribution >= 4 is 15.6 Å². The quantitative estimate of drug-likeness (QED) is 0.781. The van der Waals surface area contributed by atoms with Crippen LogP contribution >= 0.6 is 0 Å². The highest BCUT2D eigenvalue weighted by atomic mass is 32.2. The summed E-state index contributed by atoms with van der Waals surface area (Å²) in [5.74, 6) is 0.506.